The molecule has 0 saturated carbocycles. The van der Waals surface area contributed by atoms with E-state index in [0.717, 1.165) is 22.6 Å². The van der Waals surface area contributed by atoms with Crippen LogP contribution < -0.4 is 15.4 Å². The van der Waals surface area contributed by atoms with Crippen LogP contribution in [0.25, 0.3) is 0 Å². The molecule has 1 aromatic heterocycles. The minimum absolute atomic E-state index is 0.0345. The number of benzene rings is 2. The molecule has 0 aliphatic rings. The lowest BCUT2D eigenvalue weighted by molar-refractivity contribution is 0.243. The molecule has 7 heteroatoms. The van der Waals surface area contributed by atoms with Gasteiger partial charge in [-0.25, -0.2) is 4.79 Å². The van der Waals surface area contributed by atoms with Crippen LogP contribution in [0.15, 0.2) is 67.0 Å². The van der Waals surface area contributed by atoms with Crippen molar-refractivity contribution in [2.45, 2.75) is 12.6 Å². The third kappa shape index (κ3) is 5.83. The Kier molecular flexibility index (Phi) is 6.86. The van der Waals surface area contributed by atoms with E-state index in [-0.39, 0.29) is 12.1 Å². The van der Waals surface area contributed by atoms with Gasteiger partial charge in [0.2, 0.25) is 0 Å². The number of rotatable bonds is 8. The number of anilines is 1. The van der Waals surface area contributed by atoms with E-state index in [4.69, 9.17) is 4.74 Å². The Morgan fingerprint density at radius 1 is 1.17 bits per heavy atom. The van der Waals surface area contributed by atoms with E-state index in [1.807, 2.05) is 79.6 Å². The summed E-state index contributed by atoms with van der Waals surface area (Å²) in [5.41, 5.74) is 2.94. The fourth-order valence-corrected chi connectivity index (χ4v) is 3.09. The quantitative estimate of drug-likeness (QED) is 0.616. The van der Waals surface area contributed by atoms with Crippen molar-refractivity contribution in [3.63, 3.8) is 0 Å². The SMILES string of the molecule is COc1cccc(C(CNC(=O)Nc2ccc(Cn3cccn3)cc2)N(C)C)c1. The zero-order chi connectivity index (χ0) is 20.6. The maximum Gasteiger partial charge on any atom is 0.319 e. The molecule has 2 N–H and O–H groups in total. The number of ether oxygens (including phenoxy) is 1. The average Bonchev–Trinajstić information content (AvgIpc) is 3.22. The number of hydrogen-bond donors (Lipinski definition) is 2. The van der Waals surface area contributed by atoms with Gasteiger partial charge in [0.15, 0.2) is 0 Å². The Morgan fingerprint density at radius 2 is 1.97 bits per heavy atom. The third-order valence-electron chi connectivity index (χ3n) is 4.67. The summed E-state index contributed by atoms with van der Waals surface area (Å²) in [6.45, 7) is 1.17. The molecule has 0 saturated heterocycles. The van der Waals surface area contributed by atoms with Crippen LogP contribution in [0.4, 0.5) is 10.5 Å². The van der Waals surface area contributed by atoms with E-state index >= 15 is 0 Å². The fourth-order valence-electron chi connectivity index (χ4n) is 3.09. The summed E-state index contributed by atoms with van der Waals surface area (Å²) in [5, 5.41) is 10.0. The molecule has 2 amide bonds. The number of likely N-dealkylation sites (N-methyl/N-ethyl adjacent to an activating group) is 1. The van der Waals surface area contributed by atoms with Crippen LogP contribution in [0, 0.1) is 0 Å². The first kappa shape index (κ1) is 20.4. The normalized spacial score (nSPS) is 11.9. The molecular formula is C22H27N5O2. The van der Waals surface area contributed by atoms with E-state index in [2.05, 4.69) is 20.6 Å². The van der Waals surface area contributed by atoms with Gasteiger partial charge in [0.25, 0.3) is 0 Å². The molecule has 0 fully saturated rings. The molecule has 1 heterocycles. The van der Waals surface area contributed by atoms with Gasteiger partial charge in [-0.1, -0.05) is 24.3 Å². The maximum absolute atomic E-state index is 12.4. The molecule has 3 rings (SSSR count). The first-order valence-electron chi connectivity index (χ1n) is 9.47. The van der Waals surface area contributed by atoms with Crippen LogP contribution in [0.2, 0.25) is 0 Å². The minimum atomic E-state index is -0.237. The monoisotopic (exact) mass is 393 g/mol. The summed E-state index contributed by atoms with van der Waals surface area (Å²) in [5.74, 6) is 0.800. The molecule has 0 spiro atoms. The van der Waals surface area contributed by atoms with Crippen molar-refractivity contribution >= 4 is 11.7 Å². The smallest absolute Gasteiger partial charge is 0.319 e. The van der Waals surface area contributed by atoms with Crippen LogP contribution in [0.5, 0.6) is 5.75 Å². The van der Waals surface area contributed by atoms with Crippen LogP contribution in [-0.4, -0.2) is 48.5 Å². The molecule has 7 nitrogen and oxygen atoms in total. The first-order valence-corrected chi connectivity index (χ1v) is 9.47. The molecule has 3 aromatic rings. The third-order valence-corrected chi connectivity index (χ3v) is 4.67. The number of carbonyl (C=O) groups excluding carboxylic acids is 1. The summed E-state index contributed by atoms with van der Waals surface area (Å²) in [6, 6.07) is 17.3. The predicted octanol–water partition coefficient (Wildman–Crippen LogP) is 3.36. The molecule has 1 atom stereocenters. The van der Waals surface area contributed by atoms with Crippen molar-refractivity contribution in [2.75, 3.05) is 33.1 Å². The van der Waals surface area contributed by atoms with Gasteiger partial charge in [-0.15, -0.1) is 0 Å². The van der Waals surface area contributed by atoms with Crippen molar-refractivity contribution in [3.05, 3.63) is 78.1 Å². The molecule has 2 aromatic carbocycles. The number of nitrogens with zero attached hydrogens (tertiary/aromatic N) is 3. The lowest BCUT2D eigenvalue weighted by Gasteiger charge is -2.25. The summed E-state index contributed by atoms with van der Waals surface area (Å²) < 4.78 is 7.16. The lowest BCUT2D eigenvalue weighted by Crippen LogP contribution is -2.36. The number of nitrogens with one attached hydrogen (secondary N) is 2. The Hall–Kier alpha value is -3.32. The maximum atomic E-state index is 12.4. The molecule has 152 valence electrons. The van der Waals surface area contributed by atoms with Gasteiger partial charge in [0.1, 0.15) is 5.75 Å². The second-order valence-electron chi connectivity index (χ2n) is 6.99. The van der Waals surface area contributed by atoms with Gasteiger partial charge in [0.05, 0.1) is 19.7 Å². The van der Waals surface area contributed by atoms with Gasteiger partial charge in [-0.05, 0) is 55.6 Å². The molecule has 1 unspecified atom stereocenters. The molecule has 0 aliphatic heterocycles. The Balaban J connectivity index is 1.55. The fraction of sp³-hybridized carbons (Fsp3) is 0.273. The second-order valence-corrected chi connectivity index (χ2v) is 6.99. The lowest BCUT2D eigenvalue weighted by atomic mass is 10.1. The van der Waals surface area contributed by atoms with Gasteiger partial charge in [-0.2, -0.15) is 5.10 Å². The molecule has 0 bridgehead atoms. The topological polar surface area (TPSA) is 71.4 Å². The van der Waals surface area contributed by atoms with E-state index in [0.29, 0.717) is 13.1 Å². The first-order chi connectivity index (χ1) is 14.0. The van der Waals surface area contributed by atoms with Gasteiger partial charge < -0.3 is 20.3 Å². The summed E-state index contributed by atoms with van der Waals surface area (Å²) >= 11 is 0. The molecule has 29 heavy (non-hydrogen) atoms. The summed E-state index contributed by atoms with van der Waals surface area (Å²) in [6.07, 6.45) is 3.68. The number of hydrogen-bond acceptors (Lipinski definition) is 4. The van der Waals surface area contributed by atoms with Crippen molar-refractivity contribution in [1.82, 2.24) is 20.0 Å². The molecule has 0 aliphatic carbocycles. The van der Waals surface area contributed by atoms with Crippen LogP contribution >= 0.6 is 0 Å². The number of aromatic nitrogens is 2. The number of carbonyl (C=O) groups is 1. The van der Waals surface area contributed by atoms with E-state index in [1.54, 1.807) is 13.3 Å². The van der Waals surface area contributed by atoms with Crippen LogP contribution in [-0.2, 0) is 6.54 Å². The van der Waals surface area contributed by atoms with Crippen molar-refractivity contribution in [2.24, 2.45) is 0 Å². The van der Waals surface area contributed by atoms with Gasteiger partial charge in [-0.3, -0.25) is 4.68 Å². The van der Waals surface area contributed by atoms with Crippen LogP contribution in [0.1, 0.15) is 17.2 Å². The number of urea groups is 1. The Labute approximate surface area is 171 Å². The Morgan fingerprint density at radius 3 is 2.62 bits per heavy atom. The number of amides is 2. The predicted molar refractivity (Wildman–Crippen MR) is 114 cm³/mol. The highest BCUT2D eigenvalue weighted by molar-refractivity contribution is 5.89. The van der Waals surface area contributed by atoms with Crippen molar-refractivity contribution < 1.29 is 9.53 Å². The van der Waals surface area contributed by atoms with Crippen LogP contribution in [0.3, 0.4) is 0 Å². The summed E-state index contributed by atoms with van der Waals surface area (Å²) in [7, 11) is 5.62. The summed E-state index contributed by atoms with van der Waals surface area (Å²) in [4.78, 5) is 14.4. The van der Waals surface area contributed by atoms with E-state index in [9.17, 15) is 4.79 Å². The van der Waals surface area contributed by atoms with Gasteiger partial charge in [0, 0.05) is 24.6 Å². The van der Waals surface area contributed by atoms with E-state index < -0.39 is 0 Å². The Bertz CT molecular complexity index is 907. The van der Waals surface area contributed by atoms with Crippen molar-refractivity contribution in [3.8, 4) is 5.75 Å². The molecular weight excluding hydrogens is 366 g/mol. The highest BCUT2D eigenvalue weighted by Gasteiger charge is 2.16. The number of methoxy groups -OCH3 is 1. The average molecular weight is 393 g/mol. The van der Waals surface area contributed by atoms with Crippen molar-refractivity contribution in [1.29, 1.82) is 0 Å². The minimum Gasteiger partial charge on any atom is -0.497 e. The van der Waals surface area contributed by atoms with E-state index in [1.165, 1.54) is 0 Å². The van der Waals surface area contributed by atoms with Gasteiger partial charge >= 0.3 is 6.03 Å². The zero-order valence-electron chi connectivity index (χ0n) is 17.0. The largest absolute Gasteiger partial charge is 0.497 e. The molecule has 0 radical (unpaired) electrons. The second kappa shape index (κ2) is 9.75. The zero-order valence-corrected chi connectivity index (χ0v) is 17.0. The highest BCUT2D eigenvalue weighted by atomic mass is 16.5. The highest BCUT2D eigenvalue weighted by Crippen LogP contribution is 2.22. The standard InChI is InChI=1S/C22H27N5O2/c1-26(2)21(18-6-4-7-20(14-18)29-3)15-23-22(28)25-19-10-8-17(9-11-19)16-27-13-5-12-24-27/h4-14,21H,15-16H2,1-3H3,(H2,23,25,28).